The lowest BCUT2D eigenvalue weighted by Gasteiger charge is -2.50. The number of nitrogens with two attached hydrogens (primary N) is 1. The van der Waals surface area contributed by atoms with Gasteiger partial charge in [0.2, 0.25) is 11.8 Å². The maximum atomic E-state index is 13.3. The molecule has 4 aliphatic rings. The lowest BCUT2D eigenvalue weighted by molar-refractivity contribution is -0.146. The molecule has 4 unspecified atom stereocenters. The maximum absolute atomic E-state index is 13.3. The van der Waals surface area contributed by atoms with E-state index in [1.165, 1.54) is 5.56 Å². The minimum absolute atomic E-state index is 0.0723. The summed E-state index contributed by atoms with van der Waals surface area (Å²) in [7, 11) is 2.10. The summed E-state index contributed by atoms with van der Waals surface area (Å²) in [6, 6.07) is 10.8. The number of primary amides is 1. The van der Waals surface area contributed by atoms with Crippen LogP contribution in [-0.4, -0.2) is 80.8 Å². The number of fused-ring (bicyclic) bond motifs is 3. The number of rotatable bonds is 8. The lowest BCUT2D eigenvalue weighted by atomic mass is 9.74. The molecule has 2 aromatic rings. The van der Waals surface area contributed by atoms with Crippen LogP contribution < -0.4 is 5.73 Å². The van der Waals surface area contributed by atoms with E-state index in [2.05, 4.69) is 57.6 Å². The number of hydrogen-bond donors (Lipinski definition) is 1. The minimum atomic E-state index is -0.234. The van der Waals surface area contributed by atoms with Gasteiger partial charge in [-0.1, -0.05) is 35.5 Å². The van der Waals surface area contributed by atoms with E-state index in [9.17, 15) is 9.59 Å². The van der Waals surface area contributed by atoms with E-state index in [0.29, 0.717) is 37.9 Å². The van der Waals surface area contributed by atoms with Crippen LogP contribution in [0.4, 0.5) is 0 Å². The predicted molar refractivity (Wildman–Crippen MR) is 132 cm³/mol. The van der Waals surface area contributed by atoms with Crippen molar-refractivity contribution >= 4 is 11.8 Å². The first-order valence-corrected chi connectivity index (χ1v) is 12.9. The molecule has 1 aromatic heterocycles. The Labute approximate surface area is 207 Å². The molecule has 1 aromatic carbocycles. The van der Waals surface area contributed by atoms with Crippen molar-refractivity contribution in [1.29, 1.82) is 0 Å². The highest BCUT2D eigenvalue weighted by Gasteiger charge is 2.45. The summed E-state index contributed by atoms with van der Waals surface area (Å²) in [6.45, 7) is 5.63. The summed E-state index contributed by atoms with van der Waals surface area (Å²) in [5, 5.41) is 8.81. The molecular formula is C26H37N7O2. The molecule has 9 nitrogen and oxygen atoms in total. The molecule has 5 heterocycles. The number of piperidine rings is 4. The van der Waals surface area contributed by atoms with Gasteiger partial charge in [0.25, 0.3) is 0 Å². The van der Waals surface area contributed by atoms with E-state index in [0.717, 1.165) is 51.3 Å². The number of hydrogen-bond acceptors (Lipinski definition) is 6. The molecule has 4 aliphatic heterocycles. The highest BCUT2D eigenvalue weighted by Crippen LogP contribution is 2.38. The van der Waals surface area contributed by atoms with E-state index >= 15 is 0 Å². The average Bonchev–Trinajstić information content (AvgIpc) is 3.31. The number of aromatic nitrogens is 3. The Balaban J connectivity index is 1.12. The first-order valence-electron chi connectivity index (χ1n) is 12.9. The molecule has 4 fully saturated rings. The molecule has 0 spiro atoms. The van der Waals surface area contributed by atoms with Gasteiger partial charge in [-0.25, -0.2) is 0 Å². The first-order chi connectivity index (χ1) is 17.0. The Bertz CT molecular complexity index is 1020. The second-order valence-corrected chi connectivity index (χ2v) is 10.6. The van der Waals surface area contributed by atoms with Crippen LogP contribution in [0.5, 0.6) is 0 Å². The Morgan fingerprint density at radius 2 is 1.86 bits per heavy atom. The van der Waals surface area contributed by atoms with E-state index in [1.807, 2.05) is 15.6 Å². The first kappa shape index (κ1) is 23.9. The van der Waals surface area contributed by atoms with E-state index in [-0.39, 0.29) is 23.7 Å². The molecule has 35 heavy (non-hydrogen) atoms. The monoisotopic (exact) mass is 479 g/mol. The fraction of sp³-hybridized carbons (Fsp3) is 0.615. The van der Waals surface area contributed by atoms with Crippen LogP contribution in [-0.2, 0) is 29.2 Å². The van der Waals surface area contributed by atoms with E-state index in [4.69, 9.17) is 5.73 Å². The fourth-order valence-corrected chi connectivity index (χ4v) is 6.17. The molecular weight excluding hydrogens is 442 g/mol. The minimum Gasteiger partial charge on any atom is -0.369 e. The summed E-state index contributed by atoms with van der Waals surface area (Å²) in [5.41, 5.74) is 7.72. The Morgan fingerprint density at radius 1 is 1.09 bits per heavy atom. The number of carbonyl (C=O) groups is 2. The number of likely N-dealkylation sites (tertiary alicyclic amines) is 1. The molecule has 0 radical (unpaired) electrons. The van der Waals surface area contributed by atoms with Crippen molar-refractivity contribution in [2.24, 2.45) is 23.5 Å². The van der Waals surface area contributed by atoms with Crippen LogP contribution in [0.2, 0.25) is 0 Å². The molecule has 0 saturated carbocycles. The van der Waals surface area contributed by atoms with Gasteiger partial charge in [0.15, 0.2) is 0 Å². The largest absolute Gasteiger partial charge is 0.369 e. The van der Waals surface area contributed by atoms with Gasteiger partial charge < -0.3 is 10.6 Å². The highest BCUT2D eigenvalue weighted by molar-refractivity contribution is 5.81. The van der Waals surface area contributed by atoms with Gasteiger partial charge in [-0.05, 0) is 50.8 Å². The van der Waals surface area contributed by atoms with Gasteiger partial charge in [0.1, 0.15) is 0 Å². The van der Waals surface area contributed by atoms with Crippen molar-refractivity contribution in [1.82, 2.24) is 29.7 Å². The van der Waals surface area contributed by atoms with Crippen LogP contribution in [0.25, 0.3) is 0 Å². The van der Waals surface area contributed by atoms with Crippen molar-refractivity contribution in [2.75, 3.05) is 33.2 Å². The molecule has 4 saturated heterocycles. The van der Waals surface area contributed by atoms with Gasteiger partial charge >= 0.3 is 0 Å². The number of amides is 2. The zero-order valence-electron chi connectivity index (χ0n) is 20.6. The van der Waals surface area contributed by atoms with Crippen molar-refractivity contribution in [3.8, 4) is 0 Å². The molecule has 2 N–H and O–H groups in total. The molecule has 2 bridgehead atoms. The maximum Gasteiger partial charge on any atom is 0.227 e. The van der Waals surface area contributed by atoms with Crippen molar-refractivity contribution in [2.45, 2.75) is 51.4 Å². The number of benzene rings is 1. The highest BCUT2D eigenvalue weighted by atomic mass is 16.2. The Kier molecular flexibility index (Phi) is 7.15. The van der Waals surface area contributed by atoms with Crippen molar-refractivity contribution in [3.63, 3.8) is 0 Å². The van der Waals surface area contributed by atoms with Gasteiger partial charge in [-0.3, -0.25) is 24.1 Å². The van der Waals surface area contributed by atoms with Crippen LogP contribution in [0.1, 0.15) is 36.9 Å². The Hall–Kier alpha value is -2.78. The zero-order chi connectivity index (χ0) is 24.4. The molecule has 188 valence electrons. The van der Waals surface area contributed by atoms with Gasteiger partial charge in [-0.15, -0.1) is 5.10 Å². The van der Waals surface area contributed by atoms with Crippen LogP contribution in [0.3, 0.4) is 0 Å². The molecule has 9 heteroatoms. The average molecular weight is 480 g/mol. The van der Waals surface area contributed by atoms with Gasteiger partial charge in [0.05, 0.1) is 18.2 Å². The summed E-state index contributed by atoms with van der Waals surface area (Å²) in [5.74, 6) is 0.447. The zero-order valence-corrected chi connectivity index (χ0v) is 20.6. The molecule has 6 rings (SSSR count). The SMILES string of the molecule is CN(Cc1ccccc1)Cc1cn(CC2CC3CCN2CC3C(=O)N2CCC(C(N)=O)CC2)nn1. The van der Waals surface area contributed by atoms with E-state index in [1.54, 1.807) is 0 Å². The third-order valence-electron chi connectivity index (χ3n) is 8.12. The second kappa shape index (κ2) is 10.5. The summed E-state index contributed by atoms with van der Waals surface area (Å²) in [6.07, 6.45) is 5.56. The van der Waals surface area contributed by atoms with Gasteiger partial charge in [-0.2, -0.15) is 0 Å². The van der Waals surface area contributed by atoms with Crippen molar-refractivity contribution in [3.05, 3.63) is 47.8 Å². The quantitative estimate of drug-likeness (QED) is 0.613. The van der Waals surface area contributed by atoms with Crippen LogP contribution >= 0.6 is 0 Å². The second-order valence-electron chi connectivity index (χ2n) is 10.6. The van der Waals surface area contributed by atoms with Crippen LogP contribution in [0, 0.1) is 17.8 Å². The number of carbonyl (C=O) groups excluding carboxylic acids is 2. The fourth-order valence-electron chi connectivity index (χ4n) is 6.17. The predicted octanol–water partition coefficient (Wildman–Crippen LogP) is 1.34. The van der Waals surface area contributed by atoms with Gasteiger partial charge in [0, 0.05) is 50.9 Å². The topological polar surface area (TPSA) is 101 Å². The van der Waals surface area contributed by atoms with Crippen LogP contribution in [0.15, 0.2) is 36.5 Å². The van der Waals surface area contributed by atoms with E-state index < -0.39 is 0 Å². The molecule has 2 amide bonds. The standard InChI is InChI=1S/C26H37N7O2/c1-30(14-19-5-3-2-4-6-19)15-22-16-33(29-28-22)17-23-13-21-9-12-32(23)18-24(21)26(35)31-10-7-20(8-11-31)25(27)34/h2-6,16,20-21,23-24H,7-15,17-18H2,1H3,(H2,27,34). The smallest absolute Gasteiger partial charge is 0.227 e. The number of nitrogens with zero attached hydrogens (tertiary/aromatic N) is 6. The summed E-state index contributed by atoms with van der Waals surface area (Å²) in [4.78, 5) is 31.4. The molecule has 0 aliphatic carbocycles. The Morgan fingerprint density at radius 3 is 2.54 bits per heavy atom. The summed E-state index contributed by atoms with van der Waals surface area (Å²) < 4.78 is 1.97. The normalized spacial score (nSPS) is 26.9. The summed E-state index contributed by atoms with van der Waals surface area (Å²) >= 11 is 0. The lowest BCUT2D eigenvalue weighted by Crippen LogP contribution is -2.59. The van der Waals surface area contributed by atoms with Crippen molar-refractivity contribution < 1.29 is 9.59 Å². The third kappa shape index (κ3) is 5.56. The third-order valence-corrected chi connectivity index (χ3v) is 8.12. The molecule has 4 atom stereocenters.